The number of phenols is 1. The molecule has 35 heavy (non-hydrogen) atoms. The number of phenolic OH excluding ortho intramolecular Hbond substituents is 1. The Morgan fingerprint density at radius 3 is 2.34 bits per heavy atom. The average Bonchev–Trinajstić information content (AvgIpc) is 3.63. The van der Waals surface area contributed by atoms with E-state index >= 15 is 0 Å². The molecule has 3 rings (SSSR count). The number of carbonyl (C=O) groups excluding carboxylic acids is 3. The molecule has 188 valence electrons. The third-order valence-corrected chi connectivity index (χ3v) is 5.39. The van der Waals surface area contributed by atoms with Crippen molar-refractivity contribution >= 4 is 17.9 Å². The molecule has 2 aromatic carbocycles. The van der Waals surface area contributed by atoms with Crippen LogP contribution in [0.15, 0.2) is 54.6 Å². The molecule has 0 aliphatic heterocycles. The van der Waals surface area contributed by atoms with Gasteiger partial charge in [0.15, 0.2) is 0 Å². The largest absolute Gasteiger partial charge is 0.508 e. The fourth-order valence-corrected chi connectivity index (χ4v) is 3.70. The number of carbonyl (C=O) groups is 3. The summed E-state index contributed by atoms with van der Waals surface area (Å²) in [6.45, 7) is 4.65. The second kappa shape index (κ2) is 11.2. The zero-order valence-electron chi connectivity index (χ0n) is 20.2. The molecular weight excluding hydrogens is 450 g/mol. The van der Waals surface area contributed by atoms with Crippen LogP contribution in [0, 0.1) is 0 Å². The summed E-state index contributed by atoms with van der Waals surface area (Å²) in [6, 6.07) is 12.9. The molecule has 0 heterocycles. The van der Waals surface area contributed by atoms with Gasteiger partial charge >= 0.3 is 6.09 Å². The number of benzene rings is 2. The maximum Gasteiger partial charge on any atom is 0.408 e. The van der Waals surface area contributed by atoms with Gasteiger partial charge in [0.1, 0.15) is 23.4 Å². The number of alkyl carbamates (subject to hydrolysis) is 1. The molecule has 1 saturated carbocycles. The molecule has 1 aliphatic carbocycles. The van der Waals surface area contributed by atoms with Gasteiger partial charge in [0.2, 0.25) is 11.8 Å². The van der Waals surface area contributed by atoms with Gasteiger partial charge in [-0.3, -0.25) is 9.59 Å². The zero-order chi connectivity index (χ0) is 25.6. The predicted molar refractivity (Wildman–Crippen MR) is 129 cm³/mol. The summed E-state index contributed by atoms with van der Waals surface area (Å²) < 4.78 is 5.23. The highest BCUT2D eigenvalue weighted by molar-refractivity contribution is 5.92. The highest BCUT2D eigenvalue weighted by Gasteiger charge is 2.44. The first-order valence-electron chi connectivity index (χ1n) is 11.6. The van der Waals surface area contributed by atoms with E-state index in [0.717, 1.165) is 5.56 Å². The van der Waals surface area contributed by atoms with Gasteiger partial charge in [0.05, 0.1) is 6.61 Å². The summed E-state index contributed by atoms with van der Waals surface area (Å²) in [4.78, 5) is 40.7. The van der Waals surface area contributed by atoms with Gasteiger partial charge in [-0.2, -0.15) is 0 Å². The minimum atomic E-state index is -1.30. The number of rotatable bonds is 9. The maximum absolute atomic E-state index is 13.6. The quantitative estimate of drug-likeness (QED) is 0.434. The Morgan fingerprint density at radius 2 is 1.77 bits per heavy atom. The molecule has 0 saturated heterocycles. The Morgan fingerprint density at radius 1 is 1.09 bits per heavy atom. The summed E-state index contributed by atoms with van der Waals surface area (Å²) in [5.74, 6) is -1.09. The normalized spacial score (nSPS) is 15.0. The molecule has 0 radical (unpaired) electrons. The minimum absolute atomic E-state index is 0.0443. The van der Waals surface area contributed by atoms with Crippen LogP contribution in [0.3, 0.4) is 0 Å². The monoisotopic (exact) mass is 483 g/mol. The number of aliphatic hydroxyl groups excluding tert-OH is 1. The summed E-state index contributed by atoms with van der Waals surface area (Å²) in [7, 11) is 0. The van der Waals surface area contributed by atoms with Crippen molar-refractivity contribution in [1.82, 2.24) is 15.5 Å². The molecule has 2 aromatic rings. The second-order valence-corrected chi connectivity index (χ2v) is 9.56. The molecule has 1 aliphatic rings. The van der Waals surface area contributed by atoms with E-state index in [9.17, 15) is 24.6 Å². The van der Waals surface area contributed by atoms with Gasteiger partial charge < -0.3 is 30.5 Å². The molecular formula is C26H33N3O6. The van der Waals surface area contributed by atoms with Gasteiger partial charge in [-0.05, 0) is 56.9 Å². The summed E-state index contributed by atoms with van der Waals surface area (Å²) in [6.07, 6.45) is 0.512. The van der Waals surface area contributed by atoms with E-state index in [1.54, 1.807) is 32.9 Å². The smallest absolute Gasteiger partial charge is 0.408 e. The third-order valence-electron chi connectivity index (χ3n) is 5.39. The van der Waals surface area contributed by atoms with Crippen molar-refractivity contribution in [1.29, 1.82) is 0 Å². The topological polar surface area (TPSA) is 128 Å². The lowest BCUT2D eigenvalue weighted by atomic mass is 10.0. The van der Waals surface area contributed by atoms with Crippen LogP contribution in [-0.2, 0) is 20.9 Å². The van der Waals surface area contributed by atoms with Crippen molar-refractivity contribution in [3.63, 3.8) is 0 Å². The molecule has 4 N–H and O–H groups in total. The first kappa shape index (κ1) is 26.0. The highest BCUT2D eigenvalue weighted by atomic mass is 16.6. The number of aliphatic hydroxyl groups is 1. The summed E-state index contributed by atoms with van der Waals surface area (Å²) >= 11 is 0. The molecule has 0 aromatic heterocycles. The maximum atomic E-state index is 13.6. The zero-order valence-corrected chi connectivity index (χ0v) is 20.2. The van der Waals surface area contributed by atoms with Crippen LogP contribution in [0.1, 0.15) is 50.8 Å². The van der Waals surface area contributed by atoms with Gasteiger partial charge in [0, 0.05) is 12.6 Å². The molecule has 2 atom stereocenters. The first-order valence-corrected chi connectivity index (χ1v) is 11.6. The van der Waals surface area contributed by atoms with Gasteiger partial charge in [-0.1, -0.05) is 42.5 Å². The Balaban J connectivity index is 1.88. The van der Waals surface area contributed by atoms with Crippen LogP contribution in [0.2, 0.25) is 0 Å². The van der Waals surface area contributed by atoms with Crippen LogP contribution in [0.25, 0.3) is 0 Å². The molecule has 3 amide bonds. The summed E-state index contributed by atoms with van der Waals surface area (Å²) in [5, 5.41) is 25.3. The van der Waals surface area contributed by atoms with Crippen molar-refractivity contribution in [3.8, 4) is 5.75 Å². The lowest BCUT2D eigenvalue weighted by Crippen LogP contribution is -2.55. The Bertz CT molecular complexity index is 1030. The minimum Gasteiger partial charge on any atom is -0.508 e. The second-order valence-electron chi connectivity index (χ2n) is 9.56. The third kappa shape index (κ3) is 7.45. The molecule has 9 nitrogen and oxygen atoms in total. The van der Waals surface area contributed by atoms with Crippen molar-refractivity contribution in [2.75, 3.05) is 6.61 Å². The molecule has 0 spiro atoms. The summed E-state index contributed by atoms with van der Waals surface area (Å²) in [5.41, 5.74) is 0.523. The van der Waals surface area contributed by atoms with Crippen LogP contribution in [-0.4, -0.2) is 57.3 Å². The van der Waals surface area contributed by atoms with E-state index in [1.165, 1.54) is 17.0 Å². The fraction of sp³-hybridized carbons (Fsp3) is 0.423. The van der Waals surface area contributed by atoms with Crippen LogP contribution in [0.5, 0.6) is 5.75 Å². The van der Waals surface area contributed by atoms with Gasteiger partial charge in [-0.15, -0.1) is 0 Å². The molecule has 0 bridgehead atoms. The Labute approximate surface area is 205 Å². The van der Waals surface area contributed by atoms with E-state index in [0.29, 0.717) is 18.4 Å². The number of amides is 3. The number of hydrogen-bond donors (Lipinski definition) is 4. The number of nitrogens with one attached hydrogen (secondary N) is 2. The number of aromatic hydroxyl groups is 1. The number of hydrogen-bond acceptors (Lipinski definition) is 6. The van der Waals surface area contributed by atoms with Crippen LogP contribution in [0.4, 0.5) is 4.79 Å². The highest BCUT2D eigenvalue weighted by Crippen LogP contribution is 2.36. The van der Waals surface area contributed by atoms with Crippen molar-refractivity contribution < 1.29 is 29.3 Å². The molecule has 1 fully saturated rings. The Kier molecular flexibility index (Phi) is 8.34. The van der Waals surface area contributed by atoms with E-state index in [-0.39, 0.29) is 18.3 Å². The first-order chi connectivity index (χ1) is 16.6. The lowest BCUT2D eigenvalue weighted by Gasteiger charge is -2.34. The molecule has 9 heteroatoms. The Hall–Kier alpha value is -3.59. The van der Waals surface area contributed by atoms with Crippen molar-refractivity contribution in [2.45, 2.75) is 63.9 Å². The van der Waals surface area contributed by atoms with E-state index in [1.807, 2.05) is 30.3 Å². The van der Waals surface area contributed by atoms with Crippen molar-refractivity contribution in [3.05, 3.63) is 65.7 Å². The van der Waals surface area contributed by atoms with Gasteiger partial charge in [0.25, 0.3) is 0 Å². The average molecular weight is 484 g/mol. The number of ether oxygens (including phenoxy) is 1. The van der Waals surface area contributed by atoms with Crippen molar-refractivity contribution in [2.24, 2.45) is 0 Å². The predicted octanol–water partition coefficient (Wildman–Crippen LogP) is 2.63. The SMILES string of the molecule is CC(C)(C)OC(=O)NC(CO)C(=O)N(C1CC1)C(C(=O)NCc1ccccc1)c1cccc(O)c1. The van der Waals surface area contributed by atoms with Crippen LogP contribution < -0.4 is 10.6 Å². The lowest BCUT2D eigenvalue weighted by molar-refractivity contribution is -0.144. The van der Waals surface area contributed by atoms with Crippen LogP contribution >= 0.6 is 0 Å². The van der Waals surface area contributed by atoms with Gasteiger partial charge in [-0.25, -0.2) is 4.79 Å². The standard InChI is InChI=1S/C26H33N3O6/c1-26(2,3)35-25(34)28-21(16-30)24(33)29(19-12-13-19)22(18-10-7-11-20(31)14-18)23(32)27-15-17-8-5-4-6-9-17/h4-11,14,19,21-22,30-31H,12-13,15-16H2,1-3H3,(H,27,32)(H,28,34). The van der Waals surface area contributed by atoms with E-state index < -0.39 is 42.2 Å². The van der Waals surface area contributed by atoms with E-state index in [2.05, 4.69) is 10.6 Å². The van der Waals surface area contributed by atoms with E-state index in [4.69, 9.17) is 4.74 Å². The number of nitrogens with zero attached hydrogens (tertiary/aromatic N) is 1. The molecule has 2 unspecified atom stereocenters. The fourth-order valence-electron chi connectivity index (χ4n) is 3.70.